The Morgan fingerprint density at radius 1 is 1.00 bits per heavy atom. The van der Waals surface area contributed by atoms with Crippen LogP contribution in [0, 0.1) is 0 Å². The van der Waals surface area contributed by atoms with Gasteiger partial charge in [-0.15, -0.1) is 0 Å². The summed E-state index contributed by atoms with van der Waals surface area (Å²) >= 11 is 3.50. The van der Waals surface area contributed by atoms with Crippen LogP contribution in [0.3, 0.4) is 0 Å². The molecule has 0 aliphatic carbocycles. The van der Waals surface area contributed by atoms with Crippen molar-refractivity contribution in [3.8, 4) is 17.2 Å². The van der Waals surface area contributed by atoms with Gasteiger partial charge in [0.2, 0.25) is 11.7 Å². The highest BCUT2D eigenvalue weighted by atomic mass is 79.9. The Kier molecular flexibility index (Phi) is 5.13. The first-order valence-electron chi connectivity index (χ1n) is 8.86. The Morgan fingerprint density at radius 3 is 2.43 bits per heavy atom. The number of nitrogens with zero attached hydrogens (tertiary/aromatic N) is 3. The largest absolute Gasteiger partial charge is 0.493 e. The molecule has 3 aromatic rings. The number of anilines is 1. The number of benzene rings is 2. The maximum Gasteiger partial charge on any atom is 0.222 e. The van der Waals surface area contributed by atoms with Gasteiger partial charge in [0.15, 0.2) is 11.5 Å². The van der Waals surface area contributed by atoms with Crippen LogP contribution in [-0.4, -0.2) is 36.1 Å². The van der Waals surface area contributed by atoms with Gasteiger partial charge in [-0.3, -0.25) is 0 Å². The molecule has 0 saturated carbocycles. The van der Waals surface area contributed by atoms with E-state index in [0.29, 0.717) is 17.2 Å². The summed E-state index contributed by atoms with van der Waals surface area (Å²) in [5, 5.41) is 7.92. The zero-order valence-corrected chi connectivity index (χ0v) is 17.4. The Balaban J connectivity index is 1.80. The SMILES string of the molecule is COc1ccc([C@@H]2C[C@H](c3ccc(Br)cc3)Nc3ncnn32)c(OC)c1OC. The van der Waals surface area contributed by atoms with E-state index in [2.05, 4.69) is 43.5 Å². The lowest BCUT2D eigenvalue weighted by Gasteiger charge is -2.32. The maximum absolute atomic E-state index is 5.72. The molecular weight excluding hydrogens is 424 g/mol. The molecular formula is C20H21BrN4O3. The second-order valence-electron chi connectivity index (χ2n) is 6.45. The molecule has 146 valence electrons. The molecule has 1 aliphatic heterocycles. The summed E-state index contributed by atoms with van der Waals surface area (Å²) in [4.78, 5) is 4.39. The van der Waals surface area contributed by atoms with E-state index >= 15 is 0 Å². The maximum atomic E-state index is 5.72. The van der Waals surface area contributed by atoms with Gasteiger partial charge in [-0.05, 0) is 36.2 Å². The summed E-state index contributed by atoms with van der Waals surface area (Å²) in [6, 6.07) is 12.2. The molecule has 2 aromatic carbocycles. The second-order valence-corrected chi connectivity index (χ2v) is 7.37. The smallest absolute Gasteiger partial charge is 0.222 e. The third-order valence-corrected chi connectivity index (χ3v) is 5.53. The van der Waals surface area contributed by atoms with Crippen molar-refractivity contribution in [3.63, 3.8) is 0 Å². The van der Waals surface area contributed by atoms with Crippen LogP contribution in [0.5, 0.6) is 17.2 Å². The van der Waals surface area contributed by atoms with Crippen LogP contribution in [0.4, 0.5) is 5.95 Å². The molecule has 1 aliphatic rings. The first kappa shape index (κ1) is 18.6. The third-order valence-electron chi connectivity index (χ3n) is 5.00. The highest BCUT2D eigenvalue weighted by Crippen LogP contribution is 2.46. The Morgan fingerprint density at radius 2 is 1.75 bits per heavy atom. The van der Waals surface area contributed by atoms with Gasteiger partial charge < -0.3 is 19.5 Å². The minimum atomic E-state index is -0.0675. The van der Waals surface area contributed by atoms with Crippen molar-refractivity contribution in [2.45, 2.75) is 18.5 Å². The number of halogens is 1. The second kappa shape index (κ2) is 7.71. The predicted octanol–water partition coefficient (Wildman–Crippen LogP) is 4.21. The number of methoxy groups -OCH3 is 3. The summed E-state index contributed by atoms with van der Waals surface area (Å²) in [6.45, 7) is 0. The normalized spacial score (nSPS) is 18.1. The van der Waals surface area contributed by atoms with Crippen molar-refractivity contribution < 1.29 is 14.2 Å². The number of hydrogen-bond acceptors (Lipinski definition) is 6. The summed E-state index contributed by atoms with van der Waals surface area (Å²) in [7, 11) is 4.86. The molecule has 0 radical (unpaired) electrons. The average Bonchev–Trinajstić information content (AvgIpc) is 3.21. The van der Waals surface area contributed by atoms with Gasteiger partial charge >= 0.3 is 0 Å². The molecule has 0 unspecified atom stereocenters. The molecule has 4 rings (SSSR count). The summed E-state index contributed by atoms with van der Waals surface area (Å²) in [5.41, 5.74) is 2.15. The fraction of sp³-hybridized carbons (Fsp3) is 0.300. The fourth-order valence-electron chi connectivity index (χ4n) is 3.68. The fourth-order valence-corrected chi connectivity index (χ4v) is 3.94. The Labute approximate surface area is 171 Å². The number of ether oxygens (including phenoxy) is 3. The van der Waals surface area contributed by atoms with Crippen molar-refractivity contribution in [2.24, 2.45) is 0 Å². The van der Waals surface area contributed by atoms with Gasteiger partial charge in [0.05, 0.1) is 33.4 Å². The van der Waals surface area contributed by atoms with Crippen molar-refractivity contribution in [3.05, 3.63) is 58.3 Å². The quantitative estimate of drug-likeness (QED) is 0.635. The molecule has 0 amide bonds. The molecule has 0 spiro atoms. The van der Waals surface area contributed by atoms with Crippen LogP contribution in [-0.2, 0) is 0 Å². The molecule has 0 bridgehead atoms. The van der Waals surface area contributed by atoms with E-state index in [9.17, 15) is 0 Å². The molecule has 0 saturated heterocycles. The van der Waals surface area contributed by atoms with Crippen LogP contribution in [0.2, 0.25) is 0 Å². The van der Waals surface area contributed by atoms with E-state index in [-0.39, 0.29) is 12.1 Å². The first-order valence-corrected chi connectivity index (χ1v) is 9.66. The molecule has 0 fully saturated rings. The topological polar surface area (TPSA) is 70.4 Å². The number of hydrogen-bond donors (Lipinski definition) is 1. The summed E-state index contributed by atoms with van der Waals surface area (Å²) < 4.78 is 19.6. The van der Waals surface area contributed by atoms with E-state index in [0.717, 1.165) is 22.4 Å². The van der Waals surface area contributed by atoms with Crippen molar-refractivity contribution in [1.82, 2.24) is 14.8 Å². The minimum absolute atomic E-state index is 0.0675. The van der Waals surface area contributed by atoms with Gasteiger partial charge in [0.25, 0.3) is 0 Å². The van der Waals surface area contributed by atoms with Gasteiger partial charge in [0, 0.05) is 10.0 Å². The van der Waals surface area contributed by atoms with Gasteiger partial charge in [-0.1, -0.05) is 28.1 Å². The third kappa shape index (κ3) is 3.17. The van der Waals surface area contributed by atoms with Crippen molar-refractivity contribution in [1.29, 1.82) is 0 Å². The zero-order valence-electron chi connectivity index (χ0n) is 15.8. The summed E-state index contributed by atoms with van der Waals surface area (Å²) in [5.74, 6) is 2.56. The van der Waals surface area contributed by atoms with Crippen LogP contribution in [0.15, 0.2) is 47.2 Å². The van der Waals surface area contributed by atoms with E-state index in [1.165, 1.54) is 5.56 Å². The van der Waals surface area contributed by atoms with E-state index in [1.54, 1.807) is 27.7 Å². The molecule has 2 heterocycles. The molecule has 7 nitrogen and oxygen atoms in total. The van der Waals surface area contributed by atoms with E-state index in [1.807, 2.05) is 28.9 Å². The van der Waals surface area contributed by atoms with Gasteiger partial charge in [-0.25, -0.2) is 4.68 Å². The standard InChI is InChI=1S/C20H21BrN4O3/c1-26-17-9-8-14(18(27-2)19(17)28-3)16-10-15(12-4-6-13(21)7-5-12)24-20-22-11-23-25(16)20/h4-9,11,15-16H,10H2,1-3H3,(H,22,23,24)/t15-,16+/m1/s1. The molecule has 1 aromatic heterocycles. The predicted molar refractivity (Wildman–Crippen MR) is 109 cm³/mol. The number of rotatable bonds is 5. The Hall–Kier alpha value is -2.74. The van der Waals surface area contributed by atoms with Gasteiger partial charge in [-0.2, -0.15) is 10.1 Å². The lowest BCUT2D eigenvalue weighted by molar-refractivity contribution is 0.315. The van der Waals surface area contributed by atoms with E-state index in [4.69, 9.17) is 14.2 Å². The zero-order chi connectivity index (χ0) is 19.7. The molecule has 2 atom stereocenters. The van der Waals surface area contributed by atoms with Crippen LogP contribution >= 0.6 is 15.9 Å². The van der Waals surface area contributed by atoms with E-state index < -0.39 is 0 Å². The van der Waals surface area contributed by atoms with Gasteiger partial charge in [0.1, 0.15) is 6.33 Å². The average molecular weight is 445 g/mol. The number of nitrogens with one attached hydrogen (secondary N) is 1. The molecule has 8 heteroatoms. The molecule has 28 heavy (non-hydrogen) atoms. The number of aromatic nitrogens is 3. The monoisotopic (exact) mass is 444 g/mol. The minimum Gasteiger partial charge on any atom is -0.493 e. The lowest BCUT2D eigenvalue weighted by atomic mass is 9.92. The summed E-state index contributed by atoms with van der Waals surface area (Å²) in [6.07, 6.45) is 2.34. The Bertz CT molecular complexity index is 974. The van der Waals surface area contributed by atoms with Crippen LogP contribution in [0.1, 0.15) is 29.6 Å². The number of fused-ring (bicyclic) bond motifs is 1. The highest BCUT2D eigenvalue weighted by Gasteiger charge is 2.33. The molecule has 1 N–H and O–H groups in total. The van der Waals surface area contributed by atoms with Crippen LogP contribution < -0.4 is 19.5 Å². The van der Waals surface area contributed by atoms with Crippen molar-refractivity contribution >= 4 is 21.9 Å². The highest BCUT2D eigenvalue weighted by molar-refractivity contribution is 9.10. The van der Waals surface area contributed by atoms with Crippen LogP contribution in [0.25, 0.3) is 0 Å². The van der Waals surface area contributed by atoms with Crippen molar-refractivity contribution in [2.75, 3.05) is 26.6 Å². The lowest BCUT2D eigenvalue weighted by Crippen LogP contribution is -2.28. The first-order chi connectivity index (χ1) is 13.7.